The smallest absolute Gasteiger partial charge is 0.180 e. The Balaban J connectivity index is 2.29. The summed E-state index contributed by atoms with van der Waals surface area (Å²) in [6.07, 6.45) is 0. The van der Waals surface area contributed by atoms with Gasteiger partial charge in [0.25, 0.3) is 0 Å². The van der Waals surface area contributed by atoms with Crippen LogP contribution in [0.1, 0.15) is 22.4 Å². The molecule has 2 aromatic heterocycles. The van der Waals surface area contributed by atoms with Crippen LogP contribution in [0.3, 0.4) is 0 Å². The van der Waals surface area contributed by atoms with Crippen molar-refractivity contribution in [2.45, 2.75) is 20.8 Å². The number of phenolic OH excluding ortho intramolecular Hbond substituents is 1. The second-order valence-corrected chi connectivity index (χ2v) is 6.88. The van der Waals surface area contributed by atoms with Gasteiger partial charge in [-0.3, -0.25) is 0 Å². The number of aryl methyl sites for hydroxylation is 3. The molecule has 0 saturated heterocycles. The Bertz CT molecular complexity index is 1010. The first-order valence-electron chi connectivity index (χ1n) is 7.56. The molecule has 0 atom stereocenters. The van der Waals surface area contributed by atoms with Gasteiger partial charge in [-0.1, -0.05) is 11.3 Å². The van der Waals surface area contributed by atoms with E-state index in [-0.39, 0.29) is 11.6 Å². The Morgan fingerprint density at radius 3 is 2.24 bits per heavy atom. The lowest BCUT2D eigenvalue weighted by molar-refractivity contribution is 0.467. The topological polar surface area (TPSA) is 122 Å². The molecule has 0 saturated carbocycles. The highest BCUT2D eigenvalue weighted by Gasteiger charge is 2.17. The fourth-order valence-corrected chi connectivity index (χ4v) is 3.59. The summed E-state index contributed by atoms with van der Waals surface area (Å²) in [5, 5.41) is 20.0. The molecule has 2 heterocycles. The molecular weight excluding hydrogens is 334 g/mol. The predicted octanol–water partition coefficient (Wildman–Crippen LogP) is 3.54. The van der Waals surface area contributed by atoms with Crippen molar-refractivity contribution in [2.75, 3.05) is 11.5 Å². The zero-order chi connectivity index (χ0) is 18.3. The van der Waals surface area contributed by atoms with E-state index in [0.717, 1.165) is 27.3 Å². The number of aromatic hydroxyl groups is 1. The van der Waals surface area contributed by atoms with Crippen LogP contribution in [0.15, 0.2) is 18.2 Å². The highest BCUT2D eigenvalue weighted by atomic mass is 32.1. The van der Waals surface area contributed by atoms with E-state index in [9.17, 15) is 10.4 Å². The lowest BCUT2D eigenvalue weighted by Crippen LogP contribution is -2.00. The van der Waals surface area contributed by atoms with Gasteiger partial charge in [0.2, 0.25) is 0 Å². The van der Waals surface area contributed by atoms with Crippen LogP contribution < -0.4 is 11.5 Å². The van der Waals surface area contributed by atoms with Gasteiger partial charge in [0, 0.05) is 5.56 Å². The lowest BCUT2D eigenvalue weighted by atomic mass is 9.96. The maximum atomic E-state index is 10.0. The van der Waals surface area contributed by atoms with Gasteiger partial charge in [0.15, 0.2) is 5.13 Å². The number of anilines is 2. The summed E-state index contributed by atoms with van der Waals surface area (Å²) >= 11 is 1.33. The Morgan fingerprint density at radius 1 is 1.08 bits per heavy atom. The predicted molar refractivity (Wildman–Crippen MR) is 100 cm³/mol. The normalized spacial score (nSPS) is 10.6. The lowest BCUT2D eigenvalue weighted by Gasteiger charge is -2.12. The average molecular weight is 351 g/mol. The average Bonchev–Trinajstić information content (AvgIpc) is 2.89. The zero-order valence-electron chi connectivity index (χ0n) is 14.1. The van der Waals surface area contributed by atoms with Crippen LogP contribution in [0.4, 0.5) is 10.9 Å². The summed E-state index contributed by atoms with van der Waals surface area (Å²) in [5.41, 5.74) is 16.5. The van der Waals surface area contributed by atoms with Crippen LogP contribution >= 0.6 is 11.3 Å². The Labute approximate surface area is 149 Å². The van der Waals surface area contributed by atoms with Gasteiger partial charge < -0.3 is 16.6 Å². The third-order valence-corrected chi connectivity index (χ3v) is 5.02. The molecule has 0 aliphatic rings. The summed E-state index contributed by atoms with van der Waals surface area (Å²) in [5.74, 6) is 0.403. The van der Waals surface area contributed by atoms with Gasteiger partial charge in [-0.25, -0.2) is 9.97 Å². The van der Waals surface area contributed by atoms with E-state index in [2.05, 4.69) is 16.0 Å². The van der Waals surface area contributed by atoms with E-state index >= 15 is 0 Å². The highest BCUT2D eigenvalue weighted by Crippen LogP contribution is 2.37. The van der Waals surface area contributed by atoms with Crippen LogP contribution in [-0.4, -0.2) is 15.1 Å². The number of aromatic nitrogens is 2. The molecule has 0 fully saturated rings. The molecule has 0 bridgehead atoms. The molecule has 0 spiro atoms. The molecule has 0 aliphatic heterocycles. The zero-order valence-corrected chi connectivity index (χ0v) is 14.9. The Hall–Kier alpha value is -3.11. The van der Waals surface area contributed by atoms with E-state index in [1.165, 1.54) is 11.3 Å². The van der Waals surface area contributed by atoms with Crippen molar-refractivity contribution >= 4 is 22.3 Å². The van der Waals surface area contributed by atoms with E-state index in [0.29, 0.717) is 22.0 Å². The second kappa shape index (κ2) is 6.07. The van der Waals surface area contributed by atoms with Gasteiger partial charge in [0.1, 0.15) is 23.2 Å². The van der Waals surface area contributed by atoms with Gasteiger partial charge >= 0.3 is 0 Å². The molecule has 3 rings (SSSR count). The number of rotatable bonds is 2. The second-order valence-electron chi connectivity index (χ2n) is 5.85. The van der Waals surface area contributed by atoms with Crippen LogP contribution in [0.2, 0.25) is 0 Å². The fourth-order valence-electron chi connectivity index (χ4n) is 2.79. The number of nitrogens with two attached hydrogens (primary N) is 2. The van der Waals surface area contributed by atoms with Crippen molar-refractivity contribution in [1.29, 1.82) is 5.26 Å². The first kappa shape index (κ1) is 16.7. The third-order valence-electron chi connectivity index (χ3n) is 4.01. The molecule has 3 aromatic rings. The molecule has 0 unspecified atom stereocenters. The van der Waals surface area contributed by atoms with Crippen molar-refractivity contribution in [2.24, 2.45) is 0 Å². The van der Waals surface area contributed by atoms with Crippen LogP contribution in [-0.2, 0) is 0 Å². The van der Waals surface area contributed by atoms with E-state index in [1.807, 2.05) is 39.0 Å². The minimum Gasteiger partial charge on any atom is -0.507 e. The van der Waals surface area contributed by atoms with Crippen molar-refractivity contribution in [3.05, 3.63) is 40.6 Å². The highest BCUT2D eigenvalue weighted by molar-refractivity contribution is 7.18. The van der Waals surface area contributed by atoms with E-state index in [1.54, 1.807) is 0 Å². The number of phenols is 1. The van der Waals surface area contributed by atoms with Crippen molar-refractivity contribution in [1.82, 2.24) is 9.97 Å². The first-order chi connectivity index (χ1) is 11.8. The summed E-state index contributed by atoms with van der Waals surface area (Å²) in [7, 11) is 0. The maximum Gasteiger partial charge on any atom is 0.180 e. The summed E-state index contributed by atoms with van der Waals surface area (Å²) in [6, 6.07) is 7.61. The van der Waals surface area contributed by atoms with Gasteiger partial charge in [-0.2, -0.15) is 5.26 Å². The largest absolute Gasteiger partial charge is 0.507 e. The number of hydrogen-bond donors (Lipinski definition) is 3. The minimum atomic E-state index is 0.157. The molecule has 6 nitrogen and oxygen atoms in total. The maximum absolute atomic E-state index is 10.0. The number of thiazole rings is 1. The molecule has 0 radical (unpaired) electrons. The fraction of sp³-hybridized carbons (Fsp3) is 0.167. The van der Waals surface area contributed by atoms with Crippen molar-refractivity contribution in [3.63, 3.8) is 0 Å². The molecule has 5 N–H and O–H groups in total. The molecule has 25 heavy (non-hydrogen) atoms. The minimum absolute atomic E-state index is 0.157. The molecular formula is C18H17N5OS. The molecule has 7 heteroatoms. The van der Waals surface area contributed by atoms with Gasteiger partial charge in [0.05, 0.1) is 16.3 Å². The molecule has 0 amide bonds. The third kappa shape index (κ3) is 2.88. The van der Waals surface area contributed by atoms with Crippen molar-refractivity contribution in [3.8, 4) is 33.5 Å². The number of nitrogens with zero attached hydrogens (tertiary/aromatic N) is 3. The number of nitrogen functional groups attached to an aromatic ring is 2. The monoisotopic (exact) mass is 351 g/mol. The summed E-state index contributed by atoms with van der Waals surface area (Å²) in [4.78, 5) is 9.40. The van der Waals surface area contributed by atoms with E-state index < -0.39 is 0 Å². The summed E-state index contributed by atoms with van der Waals surface area (Å²) in [6.45, 7) is 5.49. The number of pyridine rings is 1. The molecule has 0 aliphatic carbocycles. The van der Waals surface area contributed by atoms with Crippen molar-refractivity contribution < 1.29 is 5.11 Å². The van der Waals surface area contributed by atoms with Gasteiger partial charge in [-0.15, -0.1) is 0 Å². The van der Waals surface area contributed by atoms with E-state index in [4.69, 9.17) is 11.5 Å². The van der Waals surface area contributed by atoms with Crippen LogP contribution in [0, 0.1) is 32.1 Å². The molecule has 1 aromatic carbocycles. The number of nitriles is 1. The molecule has 126 valence electrons. The summed E-state index contributed by atoms with van der Waals surface area (Å²) < 4.78 is 0. The first-order valence-corrected chi connectivity index (χ1v) is 8.38. The standard InChI is InChI=1S/C18H17N5OS/c1-8-4-11(5-9(2)15(8)24)12-6-14(23-17(20)13(12)7-19)16-10(3)22-18(21)25-16/h4-6,24H,1-3H3,(H2,20,23)(H2,21,22). The Kier molecular flexibility index (Phi) is 4.07. The SMILES string of the molecule is Cc1cc(-c2cc(-c3sc(N)nc3C)nc(N)c2C#N)cc(C)c1O. The number of hydrogen-bond acceptors (Lipinski definition) is 7. The van der Waals surface area contributed by atoms with Crippen LogP contribution in [0.5, 0.6) is 5.75 Å². The number of benzene rings is 1. The quantitative estimate of drug-likeness (QED) is 0.649. The van der Waals surface area contributed by atoms with Gasteiger partial charge in [-0.05, 0) is 55.7 Å². The van der Waals surface area contributed by atoms with Crippen LogP contribution in [0.25, 0.3) is 21.7 Å². The Morgan fingerprint density at radius 2 is 1.72 bits per heavy atom.